The SMILES string of the molecule is Cc1ccc2c(c1)[C@@H]1CN(C)CCC[C@@H]1N2Cc1ccccc1. The molecule has 4 rings (SSSR count). The monoisotopic (exact) mass is 306 g/mol. The lowest BCUT2D eigenvalue weighted by Crippen LogP contribution is -2.35. The van der Waals surface area contributed by atoms with Crippen molar-refractivity contribution in [3.8, 4) is 0 Å². The molecular weight excluding hydrogens is 280 g/mol. The standard InChI is InChI=1S/C21H26N2/c1-16-10-11-21-18(13-16)19-15-22(2)12-6-9-20(19)23(21)14-17-7-4-3-5-8-17/h3-5,7-8,10-11,13,19-20H,6,9,12,14-15H2,1-2H3/t19-,20-/m0/s1. The highest BCUT2D eigenvalue weighted by atomic mass is 15.2. The van der Waals surface area contributed by atoms with Crippen molar-refractivity contribution in [2.45, 2.75) is 38.3 Å². The van der Waals surface area contributed by atoms with Gasteiger partial charge in [0.25, 0.3) is 0 Å². The van der Waals surface area contributed by atoms with Gasteiger partial charge in [0.2, 0.25) is 0 Å². The molecule has 0 amide bonds. The minimum absolute atomic E-state index is 0.650. The molecule has 2 aliphatic heterocycles. The van der Waals surface area contributed by atoms with E-state index in [0.29, 0.717) is 12.0 Å². The fourth-order valence-corrected chi connectivity index (χ4v) is 4.39. The van der Waals surface area contributed by atoms with Gasteiger partial charge in [0.15, 0.2) is 0 Å². The van der Waals surface area contributed by atoms with Crippen LogP contribution in [0.3, 0.4) is 0 Å². The molecular formula is C21H26N2. The number of nitrogens with zero attached hydrogens (tertiary/aromatic N) is 2. The quantitative estimate of drug-likeness (QED) is 0.821. The molecule has 1 saturated heterocycles. The molecule has 0 unspecified atom stereocenters. The topological polar surface area (TPSA) is 6.48 Å². The predicted molar refractivity (Wildman–Crippen MR) is 97.1 cm³/mol. The van der Waals surface area contributed by atoms with Gasteiger partial charge in [-0.05, 0) is 50.6 Å². The number of hydrogen-bond donors (Lipinski definition) is 0. The average Bonchev–Trinajstić information content (AvgIpc) is 2.70. The summed E-state index contributed by atoms with van der Waals surface area (Å²) in [6.07, 6.45) is 2.60. The van der Waals surface area contributed by atoms with Crippen LogP contribution in [0.1, 0.15) is 35.4 Å². The highest BCUT2D eigenvalue weighted by Gasteiger charge is 2.39. The van der Waals surface area contributed by atoms with Crippen LogP contribution in [0.25, 0.3) is 0 Å². The molecule has 23 heavy (non-hydrogen) atoms. The van der Waals surface area contributed by atoms with E-state index in [1.54, 1.807) is 5.56 Å². The number of benzene rings is 2. The molecule has 2 nitrogen and oxygen atoms in total. The minimum Gasteiger partial charge on any atom is -0.363 e. The van der Waals surface area contributed by atoms with Crippen LogP contribution >= 0.6 is 0 Å². The van der Waals surface area contributed by atoms with Gasteiger partial charge in [-0.1, -0.05) is 48.0 Å². The number of likely N-dealkylation sites (tertiary alicyclic amines) is 1. The Balaban J connectivity index is 1.73. The first-order valence-corrected chi connectivity index (χ1v) is 8.82. The minimum atomic E-state index is 0.650. The van der Waals surface area contributed by atoms with Gasteiger partial charge in [-0.25, -0.2) is 0 Å². The summed E-state index contributed by atoms with van der Waals surface area (Å²) in [6, 6.07) is 18.6. The van der Waals surface area contributed by atoms with Gasteiger partial charge < -0.3 is 9.80 Å². The van der Waals surface area contributed by atoms with Crippen LogP contribution in [-0.2, 0) is 6.54 Å². The first kappa shape index (κ1) is 14.8. The summed E-state index contributed by atoms with van der Waals surface area (Å²) in [5, 5.41) is 0. The highest BCUT2D eigenvalue weighted by molar-refractivity contribution is 5.63. The number of hydrogen-bond acceptors (Lipinski definition) is 2. The summed E-state index contributed by atoms with van der Waals surface area (Å²) in [5.41, 5.74) is 5.83. The van der Waals surface area contributed by atoms with Crippen molar-refractivity contribution in [1.29, 1.82) is 0 Å². The Morgan fingerprint density at radius 2 is 1.91 bits per heavy atom. The Morgan fingerprint density at radius 1 is 1.09 bits per heavy atom. The van der Waals surface area contributed by atoms with E-state index in [1.807, 2.05) is 0 Å². The molecule has 0 aromatic heterocycles. The third-order valence-electron chi connectivity index (χ3n) is 5.50. The van der Waals surface area contributed by atoms with Crippen molar-refractivity contribution in [2.24, 2.45) is 0 Å². The molecule has 0 N–H and O–H groups in total. The van der Waals surface area contributed by atoms with E-state index in [1.165, 1.54) is 42.7 Å². The predicted octanol–water partition coefficient (Wildman–Crippen LogP) is 4.19. The van der Waals surface area contributed by atoms with Gasteiger partial charge >= 0.3 is 0 Å². The number of aryl methyl sites for hydroxylation is 1. The van der Waals surface area contributed by atoms with Gasteiger partial charge in [0.1, 0.15) is 0 Å². The molecule has 0 aliphatic carbocycles. The van der Waals surface area contributed by atoms with Crippen LogP contribution in [0.5, 0.6) is 0 Å². The number of fused-ring (bicyclic) bond motifs is 3. The Labute approximate surface area is 139 Å². The summed E-state index contributed by atoms with van der Waals surface area (Å²) in [5.74, 6) is 0.654. The molecule has 2 aromatic rings. The first-order valence-electron chi connectivity index (χ1n) is 8.82. The van der Waals surface area contributed by atoms with Crippen LogP contribution in [0, 0.1) is 6.92 Å². The van der Waals surface area contributed by atoms with Crippen LogP contribution in [0.15, 0.2) is 48.5 Å². The Kier molecular flexibility index (Phi) is 3.86. The lowest BCUT2D eigenvalue weighted by molar-refractivity contribution is 0.330. The largest absolute Gasteiger partial charge is 0.363 e. The third-order valence-corrected chi connectivity index (χ3v) is 5.50. The van der Waals surface area contributed by atoms with Gasteiger partial charge in [0.05, 0.1) is 0 Å². The summed E-state index contributed by atoms with van der Waals surface area (Å²) in [4.78, 5) is 5.19. The van der Waals surface area contributed by atoms with Crippen LogP contribution in [0.4, 0.5) is 5.69 Å². The van der Waals surface area contributed by atoms with Crippen molar-refractivity contribution in [2.75, 3.05) is 25.0 Å². The molecule has 2 aliphatic rings. The summed E-state index contributed by atoms with van der Waals surface area (Å²) in [7, 11) is 2.28. The Morgan fingerprint density at radius 3 is 2.74 bits per heavy atom. The van der Waals surface area contributed by atoms with Crippen molar-refractivity contribution < 1.29 is 0 Å². The van der Waals surface area contributed by atoms with Crippen molar-refractivity contribution in [3.05, 3.63) is 65.2 Å². The van der Waals surface area contributed by atoms with E-state index in [-0.39, 0.29) is 0 Å². The average molecular weight is 306 g/mol. The van der Waals surface area contributed by atoms with E-state index in [9.17, 15) is 0 Å². The van der Waals surface area contributed by atoms with Crippen molar-refractivity contribution >= 4 is 5.69 Å². The van der Waals surface area contributed by atoms with Crippen LogP contribution in [0.2, 0.25) is 0 Å². The molecule has 2 heterocycles. The summed E-state index contributed by atoms with van der Waals surface area (Å²) >= 11 is 0. The Bertz CT molecular complexity index is 679. The van der Waals surface area contributed by atoms with Gasteiger partial charge in [-0.2, -0.15) is 0 Å². The van der Waals surface area contributed by atoms with E-state index in [2.05, 4.69) is 72.3 Å². The van der Waals surface area contributed by atoms with Gasteiger partial charge in [-0.15, -0.1) is 0 Å². The van der Waals surface area contributed by atoms with E-state index < -0.39 is 0 Å². The third kappa shape index (κ3) is 2.76. The maximum atomic E-state index is 2.67. The fraction of sp³-hybridized carbons (Fsp3) is 0.429. The maximum Gasteiger partial charge on any atom is 0.0432 e. The Hall–Kier alpha value is -1.80. The van der Waals surface area contributed by atoms with E-state index in [4.69, 9.17) is 0 Å². The van der Waals surface area contributed by atoms with Gasteiger partial charge in [-0.3, -0.25) is 0 Å². The smallest absolute Gasteiger partial charge is 0.0432 e. The zero-order valence-electron chi connectivity index (χ0n) is 14.2. The van der Waals surface area contributed by atoms with Gasteiger partial charge in [0, 0.05) is 30.7 Å². The molecule has 2 heteroatoms. The first-order chi connectivity index (χ1) is 11.2. The lowest BCUT2D eigenvalue weighted by atomic mass is 9.92. The number of anilines is 1. The van der Waals surface area contributed by atoms with Crippen molar-refractivity contribution in [3.63, 3.8) is 0 Å². The van der Waals surface area contributed by atoms with Crippen LogP contribution in [-0.4, -0.2) is 31.1 Å². The number of likely N-dealkylation sites (N-methyl/N-ethyl adjacent to an activating group) is 1. The molecule has 0 radical (unpaired) electrons. The normalized spacial score (nSPS) is 24.2. The summed E-state index contributed by atoms with van der Waals surface area (Å²) in [6.45, 7) is 5.66. The second-order valence-electron chi connectivity index (χ2n) is 7.25. The molecule has 0 bridgehead atoms. The molecule has 2 aromatic carbocycles. The van der Waals surface area contributed by atoms with Crippen molar-refractivity contribution in [1.82, 2.24) is 4.90 Å². The molecule has 0 spiro atoms. The number of rotatable bonds is 2. The molecule has 2 atom stereocenters. The lowest BCUT2D eigenvalue weighted by Gasteiger charge is -2.30. The zero-order valence-corrected chi connectivity index (χ0v) is 14.2. The maximum absolute atomic E-state index is 2.67. The molecule has 120 valence electrons. The zero-order chi connectivity index (χ0) is 15.8. The highest BCUT2D eigenvalue weighted by Crippen LogP contribution is 2.45. The van der Waals surface area contributed by atoms with E-state index >= 15 is 0 Å². The fourth-order valence-electron chi connectivity index (χ4n) is 4.39. The second kappa shape index (κ2) is 6.01. The van der Waals surface area contributed by atoms with Crippen LogP contribution < -0.4 is 4.90 Å². The summed E-state index contributed by atoms with van der Waals surface area (Å²) < 4.78 is 0. The van der Waals surface area contributed by atoms with E-state index in [0.717, 1.165) is 6.54 Å². The molecule has 0 saturated carbocycles. The second-order valence-corrected chi connectivity index (χ2v) is 7.25. The molecule has 1 fully saturated rings.